The zero-order valence-electron chi connectivity index (χ0n) is 15.5. The van der Waals surface area contributed by atoms with Crippen molar-refractivity contribution in [2.75, 3.05) is 18.5 Å². The van der Waals surface area contributed by atoms with E-state index < -0.39 is 0 Å². The predicted octanol–water partition coefficient (Wildman–Crippen LogP) is 3.85. The molecule has 0 amide bonds. The second kappa shape index (κ2) is 7.12. The topological polar surface area (TPSA) is 73.3 Å². The minimum absolute atomic E-state index is 0.281. The van der Waals surface area contributed by atoms with Gasteiger partial charge in [-0.3, -0.25) is 0 Å². The summed E-state index contributed by atoms with van der Waals surface area (Å²) in [4.78, 5) is 22.9. The second-order valence-electron chi connectivity index (χ2n) is 7.19. The van der Waals surface area contributed by atoms with Gasteiger partial charge in [0.25, 0.3) is 0 Å². The fourth-order valence-electron chi connectivity index (χ4n) is 3.69. The summed E-state index contributed by atoms with van der Waals surface area (Å²) in [5, 5.41) is 4.57. The Bertz CT molecular complexity index is 831. The first-order valence-electron chi connectivity index (χ1n) is 9.39. The number of anilines is 1. The van der Waals surface area contributed by atoms with Gasteiger partial charge in [-0.2, -0.15) is 0 Å². The molecule has 2 aromatic heterocycles. The molecule has 140 valence electrons. The van der Waals surface area contributed by atoms with E-state index in [0.717, 1.165) is 47.0 Å². The number of esters is 1. The number of nitrogens with zero attached hydrogens (tertiary/aromatic N) is 2. The van der Waals surface area contributed by atoms with Crippen LogP contribution in [0.15, 0.2) is 0 Å². The van der Waals surface area contributed by atoms with Crippen molar-refractivity contribution in [1.29, 1.82) is 0 Å². The highest BCUT2D eigenvalue weighted by Gasteiger charge is 2.36. The van der Waals surface area contributed by atoms with E-state index in [4.69, 9.17) is 9.47 Å². The van der Waals surface area contributed by atoms with Crippen molar-refractivity contribution in [3.63, 3.8) is 0 Å². The summed E-state index contributed by atoms with van der Waals surface area (Å²) in [5.74, 6) is 2.00. The van der Waals surface area contributed by atoms with Crippen LogP contribution in [0, 0.1) is 19.8 Å². The molecule has 1 saturated carbocycles. The molecule has 2 aromatic rings. The Labute approximate surface area is 157 Å². The number of nitrogens with one attached hydrogen (secondary N) is 1. The first-order valence-corrected chi connectivity index (χ1v) is 10.2. The van der Waals surface area contributed by atoms with E-state index in [0.29, 0.717) is 29.5 Å². The Kier molecular flexibility index (Phi) is 4.84. The zero-order chi connectivity index (χ0) is 18.3. The van der Waals surface area contributed by atoms with Crippen LogP contribution in [0.25, 0.3) is 10.2 Å². The summed E-state index contributed by atoms with van der Waals surface area (Å²) in [6.45, 7) is 6.82. The number of carbonyl (C=O) groups excluding carboxylic acids is 1. The van der Waals surface area contributed by atoms with E-state index in [2.05, 4.69) is 15.3 Å². The summed E-state index contributed by atoms with van der Waals surface area (Å²) in [6, 6.07) is 0.345. The number of aryl methyl sites for hydroxylation is 2. The van der Waals surface area contributed by atoms with Gasteiger partial charge >= 0.3 is 5.97 Å². The third-order valence-electron chi connectivity index (χ3n) is 5.17. The van der Waals surface area contributed by atoms with E-state index in [1.54, 1.807) is 0 Å². The number of carbonyl (C=O) groups is 1. The van der Waals surface area contributed by atoms with E-state index in [-0.39, 0.29) is 5.97 Å². The number of aromatic nitrogens is 2. The molecule has 3 heterocycles. The number of hydrogen-bond acceptors (Lipinski definition) is 7. The van der Waals surface area contributed by atoms with Crippen LogP contribution in [0.5, 0.6) is 0 Å². The van der Waals surface area contributed by atoms with Crippen LogP contribution in [-0.2, 0) is 9.47 Å². The maximum atomic E-state index is 12.2. The maximum Gasteiger partial charge on any atom is 0.348 e. The normalized spacial score (nSPS) is 23.2. The lowest BCUT2D eigenvalue weighted by atomic mass is 10.00. The molecule has 1 N–H and O–H groups in total. The first kappa shape index (κ1) is 17.7. The van der Waals surface area contributed by atoms with Crippen LogP contribution in [0.2, 0.25) is 0 Å². The molecular weight excluding hydrogens is 350 g/mol. The van der Waals surface area contributed by atoms with Gasteiger partial charge in [-0.15, -0.1) is 11.3 Å². The van der Waals surface area contributed by atoms with Crippen molar-refractivity contribution in [2.24, 2.45) is 5.92 Å². The predicted molar refractivity (Wildman–Crippen MR) is 102 cm³/mol. The molecule has 2 fully saturated rings. The molecule has 0 bridgehead atoms. The molecule has 1 aliphatic carbocycles. The fraction of sp³-hybridized carbons (Fsp3) is 0.632. The van der Waals surface area contributed by atoms with Gasteiger partial charge in [0.1, 0.15) is 21.3 Å². The molecular formula is C19H25N3O3S. The number of thiophene rings is 1. The van der Waals surface area contributed by atoms with E-state index in [1.807, 2.05) is 20.8 Å². The average molecular weight is 375 g/mol. The van der Waals surface area contributed by atoms with Crippen molar-refractivity contribution in [2.45, 2.75) is 58.6 Å². The number of ether oxygens (including phenoxy) is 2. The summed E-state index contributed by atoms with van der Waals surface area (Å²) >= 11 is 1.39. The third kappa shape index (κ3) is 3.42. The van der Waals surface area contributed by atoms with E-state index >= 15 is 0 Å². The molecule has 7 heteroatoms. The Hall–Kier alpha value is -1.73. The number of rotatable bonds is 5. The third-order valence-corrected chi connectivity index (χ3v) is 6.33. The molecule has 0 spiro atoms. The van der Waals surface area contributed by atoms with Crippen molar-refractivity contribution < 1.29 is 14.3 Å². The lowest BCUT2D eigenvalue weighted by Gasteiger charge is -2.30. The largest absolute Gasteiger partial charge is 0.462 e. The molecule has 6 nitrogen and oxygen atoms in total. The second-order valence-corrected chi connectivity index (χ2v) is 8.19. The van der Waals surface area contributed by atoms with Gasteiger partial charge in [0, 0.05) is 12.6 Å². The van der Waals surface area contributed by atoms with Crippen molar-refractivity contribution in [3.05, 3.63) is 16.3 Å². The van der Waals surface area contributed by atoms with E-state index in [1.165, 1.54) is 24.2 Å². The van der Waals surface area contributed by atoms with Gasteiger partial charge in [-0.25, -0.2) is 14.8 Å². The molecule has 2 aliphatic rings. The standard InChI is InChI=1S/C19H25N3O3S/c1-4-24-19(23)16-10(2)15-17(20-11(3)21-18(15)26-16)22-13-7-8-25-14(9-13)12-5-6-12/h12-14H,4-9H2,1-3H3,(H,20,21,22). The monoisotopic (exact) mass is 375 g/mol. The summed E-state index contributed by atoms with van der Waals surface area (Å²) < 4.78 is 11.1. The van der Waals surface area contributed by atoms with Crippen molar-refractivity contribution >= 4 is 33.3 Å². The molecule has 0 radical (unpaired) electrons. The zero-order valence-corrected chi connectivity index (χ0v) is 16.3. The molecule has 2 atom stereocenters. The van der Waals surface area contributed by atoms with Gasteiger partial charge in [-0.1, -0.05) is 0 Å². The van der Waals surface area contributed by atoms with Gasteiger partial charge < -0.3 is 14.8 Å². The number of hydrogen-bond donors (Lipinski definition) is 1. The molecule has 0 aromatic carbocycles. The quantitative estimate of drug-likeness (QED) is 0.800. The number of fused-ring (bicyclic) bond motifs is 1. The smallest absolute Gasteiger partial charge is 0.348 e. The van der Waals surface area contributed by atoms with Crippen molar-refractivity contribution in [1.82, 2.24) is 9.97 Å². The molecule has 1 aliphatic heterocycles. The van der Waals surface area contributed by atoms with Crippen LogP contribution in [0.1, 0.15) is 53.7 Å². The molecule has 4 rings (SSSR count). The van der Waals surface area contributed by atoms with Gasteiger partial charge in [0.05, 0.1) is 18.1 Å². The first-order chi connectivity index (χ1) is 12.6. The molecule has 26 heavy (non-hydrogen) atoms. The van der Waals surface area contributed by atoms with Gasteiger partial charge in [-0.05, 0) is 57.9 Å². The lowest BCUT2D eigenvalue weighted by Crippen LogP contribution is -2.35. The fourth-order valence-corrected chi connectivity index (χ4v) is 4.81. The SMILES string of the molecule is CCOC(=O)c1sc2nc(C)nc(NC3CCOC(C4CC4)C3)c2c1C. The van der Waals surface area contributed by atoms with Gasteiger partial charge in [0.15, 0.2) is 0 Å². The van der Waals surface area contributed by atoms with Crippen LogP contribution >= 0.6 is 11.3 Å². The Morgan fingerprint density at radius 2 is 2.12 bits per heavy atom. The lowest BCUT2D eigenvalue weighted by molar-refractivity contribution is -0.00221. The Morgan fingerprint density at radius 3 is 2.85 bits per heavy atom. The average Bonchev–Trinajstić information content (AvgIpc) is 3.40. The van der Waals surface area contributed by atoms with Crippen LogP contribution in [-0.4, -0.2) is 41.3 Å². The van der Waals surface area contributed by atoms with E-state index in [9.17, 15) is 4.79 Å². The van der Waals surface area contributed by atoms with Crippen LogP contribution in [0.4, 0.5) is 5.82 Å². The molecule has 1 saturated heterocycles. The van der Waals surface area contributed by atoms with Gasteiger partial charge in [0.2, 0.25) is 0 Å². The Morgan fingerprint density at radius 1 is 1.31 bits per heavy atom. The minimum Gasteiger partial charge on any atom is -0.462 e. The van der Waals surface area contributed by atoms with Crippen molar-refractivity contribution in [3.8, 4) is 0 Å². The summed E-state index contributed by atoms with van der Waals surface area (Å²) in [7, 11) is 0. The summed E-state index contributed by atoms with van der Waals surface area (Å²) in [5.41, 5.74) is 0.900. The van der Waals surface area contributed by atoms with Crippen LogP contribution < -0.4 is 5.32 Å². The van der Waals surface area contributed by atoms with Crippen LogP contribution in [0.3, 0.4) is 0 Å². The maximum absolute atomic E-state index is 12.2. The highest BCUT2D eigenvalue weighted by atomic mass is 32.1. The summed E-state index contributed by atoms with van der Waals surface area (Å²) in [6.07, 6.45) is 4.95. The Balaban J connectivity index is 1.64. The highest BCUT2D eigenvalue weighted by Crippen LogP contribution is 2.39. The minimum atomic E-state index is -0.281. The highest BCUT2D eigenvalue weighted by molar-refractivity contribution is 7.20. The molecule has 2 unspecified atom stereocenters.